The van der Waals surface area contributed by atoms with Gasteiger partial charge in [-0.3, -0.25) is 0 Å². The Bertz CT molecular complexity index is 519. The topological polar surface area (TPSA) is 22.1 Å². The maximum absolute atomic E-state index is 13.5. The van der Waals surface area contributed by atoms with Gasteiger partial charge < -0.3 is 4.74 Å². The van der Waals surface area contributed by atoms with Crippen molar-refractivity contribution in [2.75, 3.05) is 0 Å². The van der Waals surface area contributed by atoms with E-state index in [1.807, 2.05) is 30.3 Å². The summed E-state index contributed by atoms with van der Waals surface area (Å²) in [7, 11) is 0. The van der Waals surface area contributed by atoms with Gasteiger partial charge in [-0.25, -0.2) is 9.37 Å². The number of aromatic nitrogens is 1. The van der Waals surface area contributed by atoms with Crippen LogP contribution >= 0.6 is 22.6 Å². The number of pyridine rings is 1. The van der Waals surface area contributed by atoms with E-state index in [0.29, 0.717) is 0 Å². The maximum Gasteiger partial charge on any atom is 0.199 e. The molecular formula is C12H8F2INO. The largest absolute Gasteiger partial charge is 0.483 e. The van der Waals surface area contributed by atoms with Crippen molar-refractivity contribution < 1.29 is 13.5 Å². The van der Waals surface area contributed by atoms with Crippen molar-refractivity contribution in [2.24, 2.45) is 0 Å². The molecule has 1 aromatic carbocycles. The van der Waals surface area contributed by atoms with E-state index in [1.165, 1.54) is 0 Å². The van der Waals surface area contributed by atoms with Crippen LogP contribution in [-0.4, -0.2) is 4.98 Å². The van der Waals surface area contributed by atoms with E-state index in [1.54, 1.807) is 22.6 Å². The van der Waals surface area contributed by atoms with E-state index >= 15 is 0 Å². The van der Waals surface area contributed by atoms with Crippen molar-refractivity contribution in [3.05, 3.63) is 57.4 Å². The standard InChI is InChI=1S/C12H8F2INO/c13-9-6-16-12(15)10(14)11(9)17-7-8-4-2-1-3-5-8/h1-6H,7H2. The molecule has 1 heterocycles. The first kappa shape index (κ1) is 12.2. The van der Waals surface area contributed by atoms with Crippen LogP contribution in [0, 0.1) is 15.3 Å². The van der Waals surface area contributed by atoms with Gasteiger partial charge in [0.15, 0.2) is 17.4 Å². The van der Waals surface area contributed by atoms with Gasteiger partial charge >= 0.3 is 0 Å². The zero-order chi connectivity index (χ0) is 12.3. The van der Waals surface area contributed by atoms with Crippen LogP contribution in [0.1, 0.15) is 5.56 Å². The molecule has 0 N–H and O–H groups in total. The lowest BCUT2D eigenvalue weighted by Gasteiger charge is -2.08. The molecule has 0 aliphatic carbocycles. The second-order valence-electron chi connectivity index (χ2n) is 3.31. The number of hydrogen-bond acceptors (Lipinski definition) is 2. The van der Waals surface area contributed by atoms with Crippen LogP contribution in [0.3, 0.4) is 0 Å². The third-order valence-corrected chi connectivity index (χ3v) is 2.87. The molecule has 5 heteroatoms. The molecule has 0 spiro atoms. The van der Waals surface area contributed by atoms with Crippen molar-refractivity contribution in [3.63, 3.8) is 0 Å². The Kier molecular flexibility index (Phi) is 3.88. The number of halogens is 3. The van der Waals surface area contributed by atoms with Gasteiger partial charge in [-0.1, -0.05) is 30.3 Å². The molecule has 0 aliphatic heterocycles. The molecule has 0 radical (unpaired) electrons. The first-order valence-electron chi connectivity index (χ1n) is 4.84. The quantitative estimate of drug-likeness (QED) is 0.626. The summed E-state index contributed by atoms with van der Waals surface area (Å²) in [6.07, 6.45) is 0.950. The smallest absolute Gasteiger partial charge is 0.199 e. The summed E-state index contributed by atoms with van der Waals surface area (Å²) in [4.78, 5) is 3.55. The fourth-order valence-electron chi connectivity index (χ4n) is 1.29. The van der Waals surface area contributed by atoms with E-state index in [0.717, 1.165) is 11.8 Å². The molecule has 2 rings (SSSR count). The molecule has 1 aromatic heterocycles. The van der Waals surface area contributed by atoms with Crippen LogP contribution in [0.5, 0.6) is 5.75 Å². The van der Waals surface area contributed by atoms with Gasteiger partial charge in [-0.05, 0) is 28.2 Å². The predicted molar refractivity (Wildman–Crippen MR) is 67.6 cm³/mol. The lowest BCUT2D eigenvalue weighted by molar-refractivity contribution is 0.272. The Balaban J connectivity index is 2.17. The monoisotopic (exact) mass is 347 g/mol. The molecule has 0 saturated heterocycles. The van der Waals surface area contributed by atoms with Crippen LogP contribution in [0.2, 0.25) is 0 Å². The van der Waals surface area contributed by atoms with Crippen LogP contribution in [0.15, 0.2) is 36.5 Å². The van der Waals surface area contributed by atoms with E-state index < -0.39 is 11.6 Å². The van der Waals surface area contributed by atoms with E-state index in [4.69, 9.17) is 4.74 Å². The average molecular weight is 347 g/mol. The van der Waals surface area contributed by atoms with E-state index in [-0.39, 0.29) is 16.1 Å². The van der Waals surface area contributed by atoms with Crippen LogP contribution < -0.4 is 4.74 Å². The molecule has 0 amide bonds. The molecule has 0 unspecified atom stereocenters. The number of hydrogen-bond donors (Lipinski definition) is 0. The molecule has 17 heavy (non-hydrogen) atoms. The highest BCUT2D eigenvalue weighted by Gasteiger charge is 2.14. The summed E-state index contributed by atoms with van der Waals surface area (Å²) in [6.45, 7) is 0.120. The van der Waals surface area contributed by atoms with Crippen molar-refractivity contribution in [1.29, 1.82) is 0 Å². The van der Waals surface area contributed by atoms with Crippen LogP contribution in [-0.2, 0) is 6.61 Å². The Morgan fingerprint density at radius 2 is 1.88 bits per heavy atom. The van der Waals surface area contributed by atoms with E-state index in [9.17, 15) is 8.78 Å². The molecule has 2 aromatic rings. The molecule has 0 atom stereocenters. The summed E-state index contributed by atoms with van der Waals surface area (Å²) in [5.41, 5.74) is 0.845. The first-order chi connectivity index (χ1) is 8.18. The minimum atomic E-state index is -0.793. The second kappa shape index (κ2) is 5.39. The predicted octanol–water partition coefficient (Wildman–Crippen LogP) is 3.54. The van der Waals surface area contributed by atoms with Crippen LogP contribution in [0.25, 0.3) is 0 Å². The SMILES string of the molecule is Fc1cnc(I)c(F)c1OCc1ccccc1. The molecule has 88 valence electrons. The van der Waals surface area contributed by atoms with Crippen molar-refractivity contribution in [1.82, 2.24) is 4.98 Å². The normalized spacial score (nSPS) is 10.3. The lowest BCUT2D eigenvalue weighted by atomic mass is 10.2. The van der Waals surface area contributed by atoms with Gasteiger partial charge in [0.05, 0.1) is 6.20 Å². The molecular weight excluding hydrogens is 339 g/mol. The second-order valence-corrected chi connectivity index (χ2v) is 4.34. The van der Waals surface area contributed by atoms with Crippen molar-refractivity contribution in [2.45, 2.75) is 6.61 Å². The molecule has 0 fully saturated rings. The minimum absolute atomic E-state index is 0.0899. The highest BCUT2D eigenvalue weighted by molar-refractivity contribution is 14.1. The van der Waals surface area contributed by atoms with E-state index in [2.05, 4.69) is 4.98 Å². The van der Waals surface area contributed by atoms with Gasteiger partial charge in [0.2, 0.25) is 0 Å². The van der Waals surface area contributed by atoms with Gasteiger partial charge in [-0.15, -0.1) is 0 Å². The minimum Gasteiger partial charge on any atom is -0.483 e. The number of benzene rings is 1. The third-order valence-electron chi connectivity index (χ3n) is 2.11. The highest BCUT2D eigenvalue weighted by atomic mass is 127. The Hall–Kier alpha value is -1.24. The summed E-state index contributed by atoms with van der Waals surface area (Å²) >= 11 is 1.69. The third kappa shape index (κ3) is 2.91. The van der Waals surface area contributed by atoms with Crippen molar-refractivity contribution >= 4 is 22.6 Å². The number of ether oxygens (including phenoxy) is 1. The lowest BCUT2D eigenvalue weighted by Crippen LogP contribution is -2.02. The van der Waals surface area contributed by atoms with Gasteiger partial charge in [0.1, 0.15) is 10.3 Å². The molecule has 0 aliphatic rings. The zero-order valence-corrected chi connectivity index (χ0v) is 10.8. The Morgan fingerprint density at radius 3 is 2.59 bits per heavy atom. The summed E-state index contributed by atoms with van der Waals surface area (Å²) in [6, 6.07) is 9.17. The Morgan fingerprint density at radius 1 is 1.18 bits per heavy atom. The molecule has 0 bridgehead atoms. The van der Waals surface area contributed by atoms with Crippen LogP contribution in [0.4, 0.5) is 8.78 Å². The number of nitrogens with zero attached hydrogens (tertiary/aromatic N) is 1. The van der Waals surface area contributed by atoms with Gasteiger partial charge in [-0.2, -0.15) is 4.39 Å². The summed E-state index contributed by atoms with van der Waals surface area (Å²) in [5.74, 6) is -1.94. The highest BCUT2D eigenvalue weighted by Crippen LogP contribution is 2.24. The fraction of sp³-hybridized carbons (Fsp3) is 0.0833. The number of rotatable bonds is 3. The molecule has 0 saturated carbocycles. The Labute approximate surface area is 111 Å². The van der Waals surface area contributed by atoms with Gasteiger partial charge in [0.25, 0.3) is 0 Å². The van der Waals surface area contributed by atoms with Crippen molar-refractivity contribution in [3.8, 4) is 5.75 Å². The molecule has 2 nitrogen and oxygen atoms in total. The maximum atomic E-state index is 13.5. The fourth-order valence-corrected chi connectivity index (χ4v) is 1.67. The van der Waals surface area contributed by atoms with Gasteiger partial charge in [0, 0.05) is 0 Å². The summed E-state index contributed by atoms with van der Waals surface area (Å²) < 4.78 is 32.1. The summed E-state index contributed by atoms with van der Waals surface area (Å²) in [5, 5.41) is 0. The zero-order valence-electron chi connectivity index (χ0n) is 8.66. The first-order valence-corrected chi connectivity index (χ1v) is 5.92. The average Bonchev–Trinajstić information content (AvgIpc) is 2.35.